The molecule has 0 aromatic rings. The Kier molecular flexibility index (Phi) is 2.89. The van der Waals surface area contributed by atoms with Gasteiger partial charge in [-0.05, 0) is 22.4 Å². The van der Waals surface area contributed by atoms with Crippen molar-refractivity contribution in [1.82, 2.24) is 0 Å². The molecule has 0 aromatic carbocycles. The fourth-order valence-corrected chi connectivity index (χ4v) is 2.68. The smallest absolute Gasteiger partial charge is 0.243 e. The van der Waals surface area contributed by atoms with Crippen LogP contribution < -0.4 is 0 Å². The average molecular weight is 195 g/mol. The van der Waals surface area contributed by atoms with Gasteiger partial charge in [-0.1, -0.05) is 12.2 Å². The highest BCUT2D eigenvalue weighted by Gasteiger charge is 2.16. The highest BCUT2D eigenvalue weighted by atomic mass is 35.5. The summed E-state index contributed by atoms with van der Waals surface area (Å²) in [5.74, 6) is 0. The quantitative estimate of drug-likeness (QED) is 0.509. The molecule has 0 saturated carbocycles. The predicted octanol–water partition coefficient (Wildman–Crippen LogP) is 2.05. The van der Waals surface area contributed by atoms with E-state index in [0.717, 1.165) is 0 Å². The highest BCUT2D eigenvalue weighted by Crippen LogP contribution is 2.40. The van der Waals surface area contributed by atoms with E-state index in [-0.39, 0.29) is 9.82 Å². The number of halogens is 1. The van der Waals surface area contributed by atoms with Crippen LogP contribution in [-0.2, 0) is 4.79 Å². The molecule has 1 unspecified atom stereocenters. The molecule has 0 aromatic heterocycles. The van der Waals surface area contributed by atoms with E-state index in [1.54, 1.807) is 0 Å². The van der Waals surface area contributed by atoms with Crippen molar-refractivity contribution in [3.05, 3.63) is 23.0 Å². The number of hydrogen-bond donors (Lipinski definition) is 2. The summed E-state index contributed by atoms with van der Waals surface area (Å²) < 4.78 is -0.327. The summed E-state index contributed by atoms with van der Waals surface area (Å²) in [5.41, 5.74) is 0. The number of carbonyl (C=O) groups is 1. The van der Waals surface area contributed by atoms with Gasteiger partial charge in [0.2, 0.25) is 5.24 Å². The molecule has 1 heterocycles. The summed E-state index contributed by atoms with van der Waals surface area (Å²) in [7, 11) is -0.524. The molecule has 0 bridgehead atoms. The lowest BCUT2D eigenvalue weighted by atomic mass is 10.6. The molecule has 0 saturated heterocycles. The van der Waals surface area contributed by atoms with Gasteiger partial charge in [0.25, 0.3) is 0 Å². The molecule has 1 aliphatic rings. The average Bonchev–Trinajstić information content (AvgIpc) is 2.36. The van der Waals surface area contributed by atoms with E-state index in [1.807, 2.05) is 23.0 Å². The van der Waals surface area contributed by atoms with Gasteiger partial charge in [-0.3, -0.25) is 4.79 Å². The molecule has 1 aliphatic heterocycles. The SMILES string of the molecule is O=C(Cl)C(S)[SH]1C=CC=C1. The van der Waals surface area contributed by atoms with Crippen LogP contribution in [0.15, 0.2) is 23.0 Å². The van der Waals surface area contributed by atoms with Gasteiger partial charge in [0.15, 0.2) is 0 Å². The Morgan fingerprint density at radius 2 is 2.00 bits per heavy atom. The van der Waals surface area contributed by atoms with Crippen LogP contribution in [0.1, 0.15) is 0 Å². The van der Waals surface area contributed by atoms with Crippen LogP contribution in [0.3, 0.4) is 0 Å². The van der Waals surface area contributed by atoms with Gasteiger partial charge in [0.05, 0.1) is 0 Å². The van der Waals surface area contributed by atoms with E-state index >= 15 is 0 Å². The van der Waals surface area contributed by atoms with E-state index < -0.39 is 10.9 Å². The van der Waals surface area contributed by atoms with Crippen molar-refractivity contribution in [2.45, 2.75) is 4.58 Å². The zero-order chi connectivity index (χ0) is 7.56. The lowest BCUT2D eigenvalue weighted by molar-refractivity contribution is -0.110. The van der Waals surface area contributed by atoms with E-state index in [4.69, 9.17) is 11.6 Å². The maximum Gasteiger partial charge on any atom is 0.243 e. The van der Waals surface area contributed by atoms with Gasteiger partial charge < -0.3 is 0 Å². The van der Waals surface area contributed by atoms with Crippen LogP contribution in [0, 0.1) is 0 Å². The molecular weight excluding hydrogens is 188 g/mol. The van der Waals surface area contributed by atoms with Crippen molar-refractivity contribution >= 4 is 40.4 Å². The second-order valence-corrected chi connectivity index (χ2v) is 5.11. The minimum atomic E-state index is -0.524. The molecule has 0 aliphatic carbocycles. The summed E-state index contributed by atoms with van der Waals surface area (Å²) in [6.07, 6.45) is 3.82. The Balaban J connectivity index is 2.57. The summed E-state index contributed by atoms with van der Waals surface area (Å²) in [4.78, 5) is 10.6. The molecular formula is C6H7ClOS2. The number of thiol groups is 2. The van der Waals surface area contributed by atoms with Crippen LogP contribution in [0.25, 0.3) is 0 Å². The Labute approximate surface area is 72.9 Å². The highest BCUT2D eigenvalue weighted by molar-refractivity contribution is 8.29. The second kappa shape index (κ2) is 3.51. The third kappa shape index (κ3) is 1.81. The number of rotatable bonds is 2. The molecule has 10 heavy (non-hydrogen) atoms. The van der Waals surface area contributed by atoms with Crippen molar-refractivity contribution in [3.8, 4) is 0 Å². The molecule has 1 rings (SSSR count). The normalized spacial score (nSPS) is 21.6. The Morgan fingerprint density at radius 3 is 2.40 bits per heavy atom. The lowest BCUT2D eigenvalue weighted by Crippen LogP contribution is -2.04. The van der Waals surface area contributed by atoms with Crippen LogP contribution in [-0.4, -0.2) is 9.82 Å². The minimum Gasteiger partial charge on any atom is -0.279 e. The van der Waals surface area contributed by atoms with Gasteiger partial charge >= 0.3 is 0 Å². The standard InChI is InChI=1S/C6H7ClOS2/c7-5(8)6(9)10-3-1-2-4-10/h1-4,6,9-10H. The first-order chi connectivity index (χ1) is 4.72. The van der Waals surface area contributed by atoms with E-state index in [2.05, 4.69) is 12.6 Å². The van der Waals surface area contributed by atoms with Crippen LogP contribution in [0.5, 0.6) is 0 Å². The third-order valence-electron chi connectivity index (χ3n) is 1.11. The van der Waals surface area contributed by atoms with Crippen molar-refractivity contribution in [1.29, 1.82) is 0 Å². The van der Waals surface area contributed by atoms with Gasteiger partial charge in [0, 0.05) is 0 Å². The topological polar surface area (TPSA) is 17.1 Å². The molecule has 1 nitrogen and oxygen atoms in total. The largest absolute Gasteiger partial charge is 0.279 e. The molecule has 0 spiro atoms. The molecule has 56 valence electrons. The predicted molar refractivity (Wildman–Crippen MR) is 50.9 cm³/mol. The summed E-state index contributed by atoms with van der Waals surface area (Å²) >= 11 is 9.31. The first-order valence-corrected chi connectivity index (χ1v) is 5.16. The van der Waals surface area contributed by atoms with Gasteiger partial charge in [-0.15, -0.1) is 0 Å². The Morgan fingerprint density at radius 1 is 1.50 bits per heavy atom. The van der Waals surface area contributed by atoms with E-state index in [0.29, 0.717) is 0 Å². The van der Waals surface area contributed by atoms with Crippen LogP contribution in [0.4, 0.5) is 0 Å². The molecule has 0 radical (unpaired) electrons. The van der Waals surface area contributed by atoms with Crippen molar-refractivity contribution in [2.75, 3.05) is 0 Å². The maximum atomic E-state index is 10.6. The van der Waals surface area contributed by atoms with Crippen molar-refractivity contribution in [3.63, 3.8) is 0 Å². The van der Waals surface area contributed by atoms with E-state index in [1.165, 1.54) is 0 Å². The first-order valence-electron chi connectivity index (χ1n) is 2.71. The Hall–Kier alpha value is 0.140. The molecule has 0 fully saturated rings. The lowest BCUT2D eigenvalue weighted by Gasteiger charge is -2.13. The first kappa shape index (κ1) is 8.24. The molecule has 4 heteroatoms. The summed E-state index contributed by atoms with van der Waals surface area (Å²) in [6, 6.07) is 0. The Bertz CT molecular complexity index is 188. The fraction of sp³-hybridized carbons (Fsp3) is 0.167. The third-order valence-corrected chi connectivity index (χ3v) is 4.50. The van der Waals surface area contributed by atoms with Crippen molar-refractivity contribution < 1.29 is 4.79 Å². The number of hydrogen-bond acceptors (Lipinski definition) is 2. The van der Waals surface area contributed by atoms with Crippen LogP contribution >= 0.6 is 35.1 Å². The monoisotopic (exact) mass is 194 g/mol. The molecule has 1 atom stereocenters. The van der Waals surface area contributed by atoms with Crippen molar-refractivity contribution in [2.24, 2.45) is 0 Å². The minimum absolute atomic E-state index is 0.327. The van der Waals surface area contributed by atoms with Gasteiger partial charge in [-0.25, -0.2) is 0 Å². The second-order valence-electron chi connectivity index (χ2n) is 1.81. The summed E-state index contributed by atoms with van der Waals surface area (Å²) in [6.45, 7) is 0. The number of carbonyl (C=O) groups excluding carboxylic acids is 1. The van der Waals surface area contributed by atoms with Crippen LogP contribution in [0.2, 0.25) is 0 Å². The van der Waals surface area contributed by atoms with E-state index in [9.17, 15) is 4.79 Å². The summed E-state index contributed by atoms with van der Waals surface area (Å²) in [5, 5.41) is 3.56. The molecule has 0 N–H and O–H groups in total. The zero-order valence-corrected chi connectivity index (χ0v) is 7.61. The van der Waals surface area contributed by atoms with Gasteiger partial charge in [-0.2, -0.15) is 23.5 Å². The molecule has 0 amide bonds. The fourth-order valence-electron chi connectivity index (χ4n) is 0.628. The van der Waals surface area contributed by atoms with Gasteiger partial charge in [0.1, 0.15) is 4.58 Å². The maximum absolute atomic E-state index is 10.6. The number of allylic oxidation sites excluding steroid dienone is 2. The zero-order valence-electron chi connectivity index (χ0n) is 5.07.